The molecule has 0 N–H and O–H groups in total. The quantitative estimate of drug-likeness (QED) is 0.740. The lowest BCUT2D eigenvalue weighted by molar-refractivity contribution is 0.597. The van der Waals surface area contributed by atoms with E-state index < -0.39 is 9.84 Å². The van der Waals surface area contributed by atoms with Crippen molar-refractivity contribution >= 4 is 20.7 Å². The highest BCUT2D eigenvalue weighted by Crippen LogP contribution is 2.24. The molecule has 3 rings (SSSR count). The minimum absolute atomic E-state index is 0.115. The number of hydrogen-bond donors (Lipinski definition) is 0. The SMILES string of the molecule is CCS(=O)(=O)c1ccc(-c2cnc3ccccc3c2)cc1. The summed E-state index contributed by atoms with van der Waals surface area (Å²) < 4.78 is 23.6. The zero-order chi connectivity index (χ0) is 14.9. The Morgan fingerprint density at radius 2 is 1.67 bits per heavy atom. The van der Waals surface area contributed by atoms with Crippen LogP contribution in [0.25, 0.3) is 22.0 Å². The van der Waals surface area contributed by atoms with E-state index >= 15 is 0 Å². The molecule has 4 heteroatoms. The third-order valence-corrected chi connectivity index (χ3v) is 5.27. The van der Waals surface area contributed by atoms with Crippen molar-refractivity contribution in [1.29, 1.82) is 0 Å². The second kappa shape index (κ2) is 5.30. The third kappa shape index (κ3) is 2.67. The number of hydrogen-bond acceptors (Lipinski definition) is 3. The fraction of sp³-hybridized carbons (Fsp3) is 0.118. The first-order valence-corrected chi connectivity index (χ1v) is 8.43. The van der Waals surface area contributed by atoms with Crippen molar-refractivity contribution in [3.05, 3.63) is 60.8 Å². The molecular weight excluding hydrogens is 282 g/mol. The van der Waals surface area contributed by atoms with Crippen LogP contribution in [-0.2, 0) is 9.84 Å². The van der Waals surface area contributed by atoms with Gasteiger partial charge < -0.3 is 0 Å². The number of fused-ring (bicyclic) bond motifs is 1. The van der Waals surface area contributed by atoms with Gasteiger partial charge in [-0.3, -0.25) is 4.98 Å². The van der Waals surface area contributed by atoms with Crippen molar-refractivity contribution in [2.24, 2.45) is 0 Å². The van der Waals surface area contributed by atoms with Gasteiger partial charge in [0, 0.05) is 17.1 Å². The van der Waals surface area contributed by atoms with Gasteiger partial charge in [-0.15, -0.1) is 0 Å². The number of sulfone groups is 1. The lowest BCUT2D eigenvalue weighted by Crippen LogP contribution is -2.03. The molecule has 0 aliphatic rings. The van der Waals surface area contributed by atoms with E-state index in [0.717, 1.165) is 22.0 Å². The van der Waals surface area contributed by atoms with E-state index in [9.17, 15) is 8.42 Å². The molecule has 0 fully saturated rings. The van der Waals surface area contributed by atoms with E-state index in [1.165, 1.54) is 0 Å². The average molecular weight is 297 g/mol. The van der Waals surface area contributed by atoms with Crippen molar-refractivity contribution in [3.8, 4) is 11.1 Å². The van der Waals surface area contributed by atoms with Gasteiger partial charge in [0.15, 0.2) is 9.84 Å². The average Bonchev–Trinajstić information content (AvgIpc) is 2.54. The Morgan fingerprint density at radius 3 is 2.38 bits per heavy atom. The van der Waals surface area contributed by atoms with Gasteiger partial charge in [0.1, 0.15) is 0 Å². The minimum Gasteiger partial charge on any atom is -0.256 e. The number of pyridine rings is 1. The summed E-state index contributed by atoms with van der Waals surface area (Å²) in [7, 11) is -3.15. The van der Waals surface area contributed by atoms with Crippen LogP contribution in [0.3, 0.4) is 0 Å². The summed E-state index contributed by atoms with van der Waals surface area (Å²) in [4.78, 5) is 4.79. The first-order valence-electron chi connectivity index (χ1n) is 6.78. The largest absolute Gasteiger partial charge is 0.256 e. The van der Waals surface area contributed by atoms with Crippen molar-refractivity contribution in [2.45, 2.75) is 11.8 Å². The summed E-state index contributed by atoms with van der Waals surface area (Å²) in [5.41, 5.74) is 2.89. The monoisotopic (exact) mass is 297 g/mol. The smallest absolute Gasteiger partial charge is 0.178 e. The van der Waals surface area contributed by atoms with E-state index in [-0.39, 0.29) is 5.75 Å². The van der Waals surface area contributed by atoms with Crippen LogP contribution in [0, 0.1) is 0 Å². The first-order chi connectivity index (χ1) is 10.1. The molecule has 0 saturated heterocycles. The Labute approximate surface area is 124 Å². The molecule has 0 aliphatic carbocycles. The van der Waals surface area contributed by atoms with Crippen LogP contribution < -0.4 is 0 Å². The summed E-state index contributed by atoms with van der Waals surface area (Å²) >= 11 is 0. The molecule has 106 valence electrons. The van der Waals surface area contributed by atoms with E-state index in [4.69, 9.17) is 0 Å². The van der Waals surface area contributed by atoms with Gasteiger partial charge >= 0.3 is 0 Å². The Hall–Kier alpha value is -2.20. The highest BCUT2D eigenvalue weighted by Gasteiger charge is 2.11. The minimum atomic E-state index is -3.15. The number of nitrogens with zero attached hydrogens (tertiary/aromatic N) is 1. The lowest BCUT2D eigenvalue weighted by atomic mass is 10.1. The maximum Gasteiger partial charge on any atom is 0.178 e. The van der Waals surface area contributed by atoms with Crippen molar-refractivity contribution in [3.63, 3.8) is 0 Å². The molecule has 0 spiro atoms. The van der Waals surface area contributed by atoms with Crippen LogP contribution in [0.1, 0.15) is 6.92 Å². The summed E-state index contributed by atoms with van der Waals surface area (Å²) in [5, 5.41) is 1.07. The second-order valence-corrected chi connectivity index (χ2v) is 7.12. The predicted octanol–water partition coefficient (Wildman–Crippen LogP) is 3.70. The van der Waals surface area contributed by atoms with E-state index in [1.807, 2.05) is 42.6 Å². The predicted molar refractivity (Wildman–Crippen MR) is 84.9 cm³/mol. The van der Waals surface area contributed by atoms with Crippen LogP contribution in [0.5, 0.6) is 0 Å². The molecule has 0 radical (unpaired) electrons. The molecule has 2 aromatic carbocycles. The van der Waals surface area contributed by atoms with Crippen LogP contribution in [-0.4, -0.2) is 19.2 Å². The Balaban J connectivity index is 2.03. The Kier molecular flexibility index (Phi) is 3.47. The second-order valence-electron chi connectivity index (χ2n) is 4.84. The van der Waals surface area contributed by atoms with Crippen molar-refractivity contribution < 1.29 is 8.42 Å². The fourth-order valence-electron chi connectivity index (χ4n) is 2.25. The summed E-state index contributed by atoms with van der Waals surface area (Å²) in [5.74, 6) is 0.115. The van der Waals surface area contributed by atoms with E-state index in [1.54, 1.807) is 19.1 Å². The molecule has 0 saturated carbocycles. The fourth-order valence-corrected chi connectivity index (χ4v) is 3.13. The molecule has 1 aromatic heterocycles. The molecule has 1 heterocycles. The third-order valence-electron chi connectivity index (χ3n) is 3.52. The highest BCUT2D eigenvalue weighted by molar-refractivity contribution is 7.91. The lowest BCUT2D eigenvalue weighted by Gasteiger charge is -2.05. The number of benzene rings is 2. The Bertz CT molecular complexity index is 884. The molecule has 0 atom stereocenters. The maximum absolute atomic E-state index is 11.8. The van der Waals surface area contributed by atoms with Gasteiger partial charge in [-0.2, -0.15) is 0 Å². The van der Waals surface area contributed by atoms with Gasteiger partial charge in [0.25, 0.3) is 0 Å². The number of aromatic nitrogens is 1. The zero-order valence-corrected chi connectivity index (χ0v) is 12.5. The summed E-state index contributed by atoms with van der Waals surface area (Å²) in [6.45, 7) is 1.65. The standard InChI is InChI=1S/C17H15NO2S/c1-2-21(19,20)16-9-7-13(8-10-16)15-11-14-5-3-4-6-17(14)18-12-15/h3-12H,2H2,1H3. The zero-order valence-electron chi connectivity index (χ0n) is 11.7. The normalized spacial score (nSPS) is 11.7. The van der Waals surface area contributed by atoms with Gasteiger partial charge in [0.05, 0.1) is 16.2 Å². The van der Waals surface area contributed by atoms with Crippen LogP contribution in [0.15, 0.2) is 65.7 Å². The molecule has 3 nitrogen and oxygen atoms in total. The van der Waals surface area contributed by atoms with Gasteiger partial charge in [-0.1, -0.05) is 37.3 Å². The molecule has 0 bridgehead atoms. The van der Waals surface area contributed by atoms with Crippen LogP contribution in [0.2, 0.25) is 0 Å². The van der Waals surface area contributed by atoms with E-state index in [2.05, 4.69) is 11.1 Å². The van der Waals surface area contributed by atoms with Gasteiger partial charge in [-0.05, 0) is 29.8 Å². The molecule has 3 aromatic rings. The van der Waals surface area contributed by atoms with Crippen molar-refractivity contribution in [2.75, 3.05) is 5.75 Å². The number of rotatable bonds is 3. The summed E-state index contributed by atoms with van der Waals surface area (Å²) in [6, 6.07) is 16.9. The number of para-hydroxylation sites is 1. The Morgan fingerprint density at radius 1 is 0.952 bits per heavy atom. The van der Waals surface area contributed by atoms with Crippen molar-refractivity contribution in [1.82, 2.24) is 4.98 Å². The van der Waals surface area contributed by atoms with Gasteiger partial charge in [0.2, 0.25) is 0 Å². The molecule has 21 heavy (non-hydrogen) atoms. The maximum atomic E-state index is 11.8. The van der Waals surface area contributed by atoms with Crippen LogP contribution >= 0.6 is 0 Å². The van der Waals surface area contributed by atoms with E-state index in [0.29, 0.717) is 4.90 Å². The molecular formula is C17H15NO2S. The molecule has 0 amide bonds. The topological polar surface area (TPSA) is 47.0 Å². The van der Waals surface area contributed by atoms with Gasteiger partial charge in [-0.25, -0.2) is 8.42 Å². The molecule has 0 unspecified atom stereocenters. The highest BCUT2D eigenvalue weighted by atomic mass is 32.2. The van der Waals surface area contributed by atoms with Crippen LogP contribution in [0.4, 0.5) is 0 Å². The first kappa shape index (κ1) is 13.8. The summed E-state index contributed by atoms with van der Waals surface area (Å²) in [6.07, 6.45) is 1.81. The molecule has 0 aliphatic heterocycles.